The van der Waals surface area contributed by atoms with Gasteiger partial charge in [0.2, 0.25) is 0 Å². The Hall–Kier alpha value is -3.46. The van der Waals surface area contributed by atoms with E-state index in [0.717, 1.165) is 41.3 Å². The van der Waals surface area contributed by atoms with Gasteiger partial charge in [-0.15, -0.1) is 0 Å². The smallest absolute Gasteiger partial charge is 0.131 e. The number of hydrogen-bond donors (Lipinski definition) is 0. The van der Waals surface area contributed by atoms with Crippen molar-refractivity contribution in [1.82, 2.24) is 9.97 Å². The van der Waals surface area contributed by atoms with Crippen molar-refractivity contribution in [1.29, 1.82) is 0 Å². The van der Waals surface area contributed by atoms with Crippen LogP contribution in [0.5, 0.6) is 11.5 Å². The molecule has 0 amide bonds. The fourth-order valence-corrected chi connectivity index (χ4v) is 3.60. The molecule has 3 heterocycles. The molecule has 2 aromatic heterocycles. The molecule has 0 spiro atoms. The topological polar surface area (TPSA) is 35.0 Å². The van der Waals surface area contributed by atoms with Crippen molar-refractivity contribution >= 4 is 0 Å². The van der Waals surface area contributed by atoms with Gasteiger partial charge in [-0.2, -0.15) is 0 Å². The maximum Gasteiger partial charge on any atom is 0.131 e. The van der Waals surface area contributed by atoms with Gasteiger partial charge in [-0.05, 0) is 53.1 Å². The van der Waals surface area contributed by atoms with Crippen molar-refractivity contribution in [3.8, 4) is 22.6 Å². The first-order valence-electron chi connectivity index (χ1n) is 9.10. The van der Waals surface area contributed by atoms with Gasteiger partial charge in [0.25, 0.3) is 0 Å². The van der Waals surface area contributed by atoms with E-state index in [1.165, 1.54) is 16.7 Å². The first kappa shape index (κ1) is 15.8. The van der Waals surface area contributed by atoms with Crippen molar-refractivity contribution < 1.29 is 4.74 Å². The molecule has 0 unspecified atom stereocenters. The molecular formula is C24H18N2O. The Bertz CT molecular complexity index is 1110. The lowest BCUT2D eigenvalue weighted by Crippen LogP contribution is -2.04. The van der Waals surface area contributed by atoms with Crippen molar-refractivity contribution in [2.75, 3.05) is 0 Å². The number of rotatable bonds is 3. The highest BCUT2D eigenvalue weighted by Gasteiger charge is 2.20. The van der Waals surface area contributed by atoms with Gasteiger partial charge in [0, 0.05) is 42.2 Å². The number of para-hydroxylation sites is 1. The fraction of sp³-hybridized carbons (Fsp3) is 0.0833. The highest BCUT2D eigenvalue weighted by molar-refractivity contribution is 5.72. The molecular weight excluding hydrogens is 332 g/mol. The molecule has 1 aliphatic heterocycles. The summed E-state index contributed by atoms with van der Waals surface area (Å²) in [5, 5.41) is 0. The molecule has 5 rings (SSSR count). The summed E-state index contributed by atoms with van der Waals surface area (Å²) in [5.41, 5.74) is 6.85. The molecule has 0 bridgehead atoms. The monoisotopic (exact) mass is 350 g/mol. The third kappa shape index (κ3) is 3.08. The number of ether oxygens (including phenoxy) is 1. The molecule has 3 heteroatoms. The number of aromatic nitrogens is 2. The van der Waals surface area contributed by atoms with Gasteiger partial charge < -0.3 is 4.74 Å². The van der Waals surface area contributed by atoms with Gasteiger partial charge in [-0.1, -0.05) is 36.4 Å². The number of pyridine rings is 2. The molecule has 1 aliphatic rings. The van der Waals surface area contributed by atoms with E-state index in [2.05, 4.69) is 46.4 Å². The highest BCUT2D eigenvalue weighted by Crippen LogP contribution is 2.41. The van der Waals surface area contributed by atoms with Gasteiger partial charge in [0.1, 0.15) is 11.5 Å². The summed E-state index contributed by atoms with van der Waals surface area (Å²) in [7, 11) is 0. The summed E-state index contributed by atoms with van der Waals surface area (Å²) >= 11 is 0. The summed E-state index contributed by atoms with van der Waals surface area (Å²) in [6, 6.07) is 24.7. The van der Waals surface area contributed by atoms with Gasteiger partial charge >= 0.3 is 0 Å². The van der Waals surface area contributed by atoms with E-state index < -0.39 is 0 Å². The van der Waals surface area contributed by atoms with E-state index in [1.807, 2.05) is 48.8 Å². The molecule has 0 atom stereocenters. The first-order valence-corrected chi connectivity index (χ1v) is 9.10. The molecule has 0 fully saturated rings. The standard InChI is InChI=1S/C24H18N2O/c1-2-9-23-18(6-1)15-22-21(8-5-10-24(22)27-23)17-11-13-26-20(14-17)16-19-7-3-4-12-25-19/h1-14H,15-16H2. The van der Waals surface area contributed by atoms with Crippen molar-refractivity contribution in [3.05, 3.63) is 108 Å². The molecule has 0 N–H and O–H groups in total. The van der Waals surface area contributed by atoms with E-state index in [1.54, 1.807) is 0 Å². The van der Waals surface area contributed by atoms with E-state index in [-0.39, 0.29) is 0 Å². The van der Waals surface area contributed by atoms with Crippen molar-refractivity contribution in [2.45, 2.75) is 12.8 Å². The minimum atomic E-state index is 0.725. The van der Waals surface area contributed by atoms with Crippen LogP contribution in [-0.2, 0) is 12.8 Å². The molecule has 0 saturated carbocycles. The largest absolute Gasteiger partial charge is 0.457 e. The molecule has 4 aromatic rings. The lowest BCUT2D eigenvalue weighted by atomic mass is 9.92. The third-order valence-corrected chi connectivity index (χ3v) is 4.91. The zero-order chi connectivity index (χ0) is 18.1. The zero-order valence-electron chi connectivity index (χ0n) is 14.8. The number of fused-ring (bicyclic) bond motifs is 2. The molecule has 0 radical (unpaired) electrons. The van der Waals surface area contributed by atoms with E-state index in [0.29, 0.717) is 0 Å². The molecule has 0 saturated heterocycles. The summed E-state index contributed by atoms with van der Waals surface area (Å²) in [5.74, 6) is 1.89. The van der Waals surface area contributed by atoms with Crippen LogP contribution in [-0.4, -0.2) is 9.97 Å². The third-order valence-electron chi connectivity index (χ3n) is 4.91. The van der Waals surface area contributed by atoms with Crippen LogP contribution in [0.2, 0.25) is 0 Å². The molecule has 130 valence electrons. The van der Waals surface area contributed by atoms with Crippen molar-refractivity contribution in [2.24, 2.45) is 0 Å². The molecule has 0 aliphatic carbocycles. The second-order valence-corrected chi connectivity index (χ2v) is 6.70. The summed E-state index contributed by atoms with van der Waals surface area (Å²) < 4.78 is 6.14. The van der Waals surface area contributed by atoms with Crippen molar-refractivity contribution in [3.63, 3.8) is 0 Å². The van der Waals surface area contributed by atoms with Crippen LogP contribution in [0.3, 0.4) is 0 Å². The minimum absolute atomic E-state index is 0.725. The average molecular weight is 350 g/mol. The maximum atomic E-state index is 6.14. The fourth-order valence-electron chi connectivity index (χ4n) is 3.60. The predicted octanol–water partition coefficient (Wildman–Crippen LogP) is 5.43. The average Bonchev–Trinajstić information content (AvgIpc) is 2.73. The van der Waals surface area contributed by atoms with Gasteiger partial charge in [0.05, 0.1) is 0 Å². The Morgan fingerprint density at radius 1 is 0.741 bits per heavy atom. The Morgan fingerprint density at radius 2 is 1.59 bits per heavy atom. The Morgan fingerprint density at radius 3 is 2.52 bits per heavy atom. The van der Waals surface area contributed by atoms with E-state index in [9.17, 15) is 0 Å². The van der Waals surface area contributed by atoms with Gasteiger partial charge in [0.15, 0.2) is 0 Å². The van der Waals surface area contributed by atoms with E-state index >= 15 is 0 Å². The van der Waals surface area contributed by atoms with Crippen LogP contribution in [0.15, 0.2) is 85.2 Å². The predicted molar refractivity (Wildman–Crippen MR) is 106 cm³/mol. The van der Waals surface area contributed by atoms with E-state index in [4.69, 9.17) is 4.74 Å². The molecule has 27 heavy (non-hydrogen) atoms. The van der Waals surface area contributed by atoms with Crippen LogP contribution in [0.25, 0.3) is 11.1 Å². The minimum Gasteiger partial charge on any atom is -0.457 e. The highest BCUT2D eigenvalue weighted by atomic mass is 16.5. The Labute approximate surface area is 158 Å². The number of benzene rings is 2. The normalized spacial score (nSPS) is 12.0. The van der Waals surface area contributed by atoms with Crippen LogP contribution < -0.4 is 4.74 Å². The quantitative estimate of drug-likeness (QED) is 0.435. The SMILES string of the molecule is c1ccc(Cc2cc(-c3cccc4c3Cc3ccccc3O4)ccn2)nc1. The summed E-state index contributed by atoms with van der Waals surface area (Å²) in [6.45, 7) is 0. The van der Waals surface area contributed by atoms with Gasteiger partial charge in [-0.25, -0.2) is 0 Å². The van der Waals surface area contributed by atoms with Crippen LogP contribution in [0.1, 0.15) is 22.5 Å². The first-order chi connectivity index (χ1) is 13.4. The van der Waals surface area contributed by atoms with Gasteiger partial charge in [-0.3, -0.25) is 9.97 Å². The van der Waals surface area contributed by atoms with Crippen LogP contribution >= 0.6 is 0 Å². The molecule has 2 aromatic carbocycles. The second-order valence-electron chi connectivity index (χ2n) is 6.70. The van der Waals surface area contributed by atoms with Crippen LogP contribution in [0.4, 0.5) is 0 Å². The molecule has 3 nitrogen and oxygen atoms in total. The lowest BCUT2D eigenvalue weighted by molar-refractivity contribution is 0.460. The maximum absolute atomic E-state index is 6.14. The summed E-state index contributed by atoms with van der Waals surface area (Å²) in [6.07, 6.45) is 5.30. The second kappa shape index (κ2) is 6.69. The summed E-state index contributed by atoms with van der Waals surface area (Å²) in [4.78, 5) is 8.95. The number of hydrogen-bond acceptors (Lipinski definition) is 3. The van der Waals surface area contributed by atoms with Crippen LogP contribution in [0, 0.1) is 0 Å². The zero-order valence-corrected chi connectivity index (χ0v) is 14.8. The lowest BCUT2D eigenvalue weighted by Gasteiger charge is -2.22. The Balaban J connectivity index is 1.52. The Kier molecular flexibility index (Phi) is 3.91. The number of nitrogens with zero attached hydrogens (tertiary/aromatic N) is 2.